The summed E-state index contributed by atoms with van der Waals surface area (Å²) in [5.74, 6) is 1.53. The van der Waals surface area contributed by atoms with Crippen LogP contribution < -0.4 is 0 Å². The zero-order valence-electron chi connectivity index (χ0n) is 13.2. The lowest BCUT2D eigenvalue weighted by Crippen LogP contribution is -2.38. The zero-order valence-corrected chi connectivity index (χ0v) is 13.2. The molecule has 2 unspecified atom stereocenters. The van der Waals surface area contributed by atoms with E-state index in [4.69, 9.17) is 4.74 Å². The predicted molar refractivity (Wildman–Crippen MR) is 79.8 cm³/mol. The van der Waals surface area contributed by atoms with Crippen molar-refractivity contribution in [2.24, 2.45) is 5.92 Å². The molecule has 0 aliphatic carbocycles. The molecule has 0 spiro atoms. The Bertz CT molecular complexity index is 435. The van der Waals surface area contributed by atoms with Crippen molar-refractivity contribution >= 4 is 0 Å². The van der Waals surface area contributed by atoms with Crippen molar-refractivity contribution in [3.63, 3.8) is 0 Å². The molecule has 2 atom stereocenters. The second-order valence-corrected chi connectivity index (χ2v) is 6.64. The van der Waals surface area contributed by atoms with E-state index in [1.165, 1.54) is 19.3 Å². The van der Waals surface area contributed by atoms with Gasteiger partial charge in [-0.2, -0.15) is 0 Å². The molecule has 6 nitrogen and oxygen atoms in total. The van der Waals surface area contributed by atoms with Crippen LogP contribution in [-0.4, -0.2) is 50.9 Å². The van der Waals surface area contributed by atoms with E-state index in [-0.39, 0.29) is 6.10 Å². The Morgan fingerprint density at radius 1 is 1.19 bits per heavy atom. The van der Waals surface area contributed by atoms with Crippen molar-refractivity contribution < 1.29 is 4.74 Å². The number of nitrogens with zero attached hydrogens (tertiary/aromatic N) is 5. The van der Waals surface area contributed by atoms with Gasteiger partial charge in [0, 0.05) is 6.61 Å². The molecule has 2 fully saturated rings. The Morgan fingerprint density at radius 2 is 2.00 bits per heavy atom. The topological polar surface area (TPSA) is 56.1 Å². The van der Waals surface area contributed by atoms with Gasteiger partial charge in [-0.3, -0.25) is 4.90 Å². The smallest absolute Gasteiger partial charge is 0.168 e. The maximum Gasteiger partial charge on any atom is 0.168 e. The second kappa shape index (κ2) is 6.83. The van der Waals surface area contributed by atoms with Crippen LogP contribution in [0.5, 0.6) is 0 Å². The summed E-state index contributed by atoms with van der Waals surface area (Å²) in [4.78, 5) is 2.56. The lowest BCUT2D eigenvalue weighted by Gasteiger charge is -2.36. The van der Waals surface area contributed by atoms with Crippen LogP contribution in [0.3, 0.4) is 0 Å². The molecule has 1 aromatic rings. The van der Waals surface area contributed by atoms with Crippen LogP contribution in [0.1, 0.15) is 57.8 Å². The standard InChI is InChI=1S/C15H27N5O/c1-12(2)14(19-8-4-3-5-9-19)15-16-17-18-20(15)11-13-7-6-10-21-13/h12-14H,3-11H2,1-2H3. The second-order valence-electron chi connectivity index (χ2n) is 6.64. The van der Waals surface area contributed by atoms with Crippen LogP contribution in [0.2, 0.25) is 0 Å². The number of piperidine rings is 1. The third-order valence-electron chi connectivity index (χ3n) is 4.64. The highest BCUT2D eigenvalue weighted by atomic mass is 16.5. The summed E-state index contributed by atoms with van der Waals surface area (Å²) >= 11 is 0. The van der Waals surface area contributed by atoms with Crippen molar-refractivity contribution in [2.45, 2.75) is 64.6 Å². The molecule has 2 saturated heterocycles. The molecule has 0 radical (unpaired) electrons. The first kappa shape index (κ1) is 14.9. The summed E-state index contributed by atoms with van der Waals surface area (Å²) in [6.07, 6.45) is 6.48. The van der Waals surface area contributed by atoms with Gasteiger partial charge in [0.15, 0.2) is 5.82 Å². The third-order valence-corrected chi connectivity index (χ3v) is 4.64. The summed E-state index contributed by atoms with van der Waals surface area (Å²) in [6.45, 7) is 8.53. The fourth-order valence-electron chi connectivity index (χ4n) is 3.61. The minimum absolute atomic E-state index is 0.279. The summed E-state index contributed by atoms with van der Waals surface area (Å²) in [6, 6.07) is 0.321. The number of likely N-dealkylation sites (tertiary alicyclic amines) is 1. The van der Waals surface area contributed by atoms with Gasteiger partial charge in [0.1, 0.15) is 0 Å². The van der Waals surface area contributed by atoms with Gasteiger partial charge < -0.3 is 4.74 Å². The van der Waals surface area contributed by atoms with Crippen molar-refractivity contribution in [1.29, 1.82) is 0 Å². The van der Waals surface area contributed by atoms with Crippen LogP contribution in [0.4, 0.5) is 0 Å². The fraction of sp³-hybridized carbons (Fsp3) is 0.933. The minimum Gasteiger partial charge on any atom is -0.376 e. The van der Waals surface area contributed by atoms with Crippen LogP contribution in [0.25, 0.3) is 0 Å². The highest BCUT2D eigenvalue weighted by Gasteiger charge is 2.30. The highest BCUT2D eigenvalue weighted by molar-refractivity contribution is 4.96. The van der Waals surface area contributed by atoms with E-state index in [0.29, 0.717) is 12.0 Å². The first-order chi connectivity index (χ1) is 10.3. The van der Waals surface area contributed by atoms with Gasteiger partial charge in [-0.15, -0.1) is 5.10 Å². The molecule has 0 aromatic carbocycles. The number of tetrazole rings is 1. The van der Waals surface area contributed by atoms with E-state index in [2.05, 4.69) is 34.3 Å². The van der Waals surface area contributed by atoms with Crippen LogP contribution >= 0.6 is 0 Å². The van der Waals surface area contributed by atoms with Gasteiger partial charge in [-0.1, -0.05) is 20.3 Å². The van der Waals surface area contributed by atoms with Gasteiger partial charge in [0.25, 0.3) is 0 Å². The van der Waals surface area contributed by atoms with Crippen LogP contribution in [0, 0.1) is 5.92 Å². The highest BCUT2D eigenvalue weighted by Crippen LogP contribution is 2.29. The van der Waals surface area contributed by atoms with Crippen molar-refractivity contribution in [2.75, 3.05) is 19.7 Å². The lowest BCUT2D eigenvalue weighted by atomic mass is 9.98. The van der Waals surface area contributed by atoms with E-state index in [1.807, 2.05) is 4.68 Å². The van der Waals surface area contributed by atoms with Gasteiger partial charge in [-0.05, 0) is 55.1 Å². The Kier molecular flexibility index (Phi) is 4.85. The number of hydrogen-bond donors (Lipinski definition) is 0. The molecule has 0 bridgehead atoms. The first-order valence-electron chi connectivity index (χ1n) is 8.37. The zero-order chi connectivity index (χ0) is 14.7. The van der Waals surface area contributed by atoms with E-state index in [0.717, 1.165) is 44.9 Å². The Hall–Kier alpha value is -1.01. The third kappa shape index (κ3) is 3.43. The molecule has 6 heteroatoms. The quantitative estimate of drug-likeness (QED) is 0.831. The van der Waals surface area contributed by atoms with Gasteiger partial charge in [-0.25, -0.2) is 4.68 Å². The molecule has 0 N–H and O–H groups in total. The number of aromatic nitrogens is 4. The maximum absolute atomic E-state index is 5.74. The Balaban J connectivity index is 1.77. The average molecular weight is 293 g/mol. The molecular formula is C15H27N5O. The van der Waals surface area contributed by atoms with Crippen molar-refractivity contribution in [1.82, 2.24) is 25.1 Å². The van der Waals surface area contributed by atoms with Gasteiger partial charge in [0.2, 0.25) is 0 Å². The summed E-state index contributed by atoms with van der Waals surface area (Å²) in [5, 5.41) is 12.5. The molecule has 21 heavy (non-hydrogen) atoms. The van der Waals surface area contributed by atoms with E-state index in [9.17, 15) is 0 Å². The molecule has 2 aliphatic heterocycles. The first-order valence-corrected chi connectivity index (χ1v) is 8.37. The number of ether oxygens (including phenoxy) is 1. The van der Waals surface area contributed by atoms with Crippen LogP contribution in [-0.2, 0) is 11.3 Å². The van der Waals surface area contributed by atoms with Crippen molar-refractivity contribution in [3.8, 4) is 0 Å². The number of hydrogen-bond acceptors (Lipinski definition) is 5. The molecule has 118 valence electrons. The fourth-order valence-corrected chi connectivity index (χ4v) is 3.61. The van der Waals surface area contributed by atoms with Crippen LogP contribution in [0.15, 0.2) is 0 Å². The van der Waals surface area contributed by atoms with E-state index >= 15 is 0 Å². The number of rotatable bonds is 5. The maximum atomic E-state index is 5.74. The summed E-state index contributed by atoms with van der Waals surface area (Å²) in [5.41, 5.74) is 0. The Labute approximate surface area is 126 Å². The monoisotopic (exact) mass is 293 g/mol. The lowest BCUT2D eigenvalue weighted by molar-refractivity contribution is 0.0843. The molecule has 2 aliphatic rings. The molecule has 3 heterocycles. The predicted octanol–water partition coefficient (Wildman–Crippen LogP) is 2.04. The minimum atomic E-state index is 0.279. The molecule has 0 amide bonds. The van der Waals surface area contributed by atoms with Gasteiger partial charge in [0.05, 0.1) is 18.7 Å². The largest absolute Gasteiger partial charge is 0.376 e. The summed E-state index contributed by atoms with van der Waals surface area (Å²) < 4.78 is 7.72. The normalized spacial score (nSPS) is 25.6. The summed E-state index contributed by atoms with van der Waals surface area (Å²) in [7, 11) is 0. The molecule has 1 aromatic heterocycles. The average Bonchev–Trinajstić information content (AvgIpc) is 3.13. The van der Waals surface area contributed by atoms with E-state index < -0.39 is 0 Å². The Morgan fingerprint density at radius 3 is 2.67 bits per heavy atom. The van der Waals surface area contributed by atoms with Crippen molar-refractivity contribution in [3.05, 3.63) is 5.82 Å². The molecule has 0 saturated carbocycles. The van der Waals surface area contributed by atoms with E-state index in [1.54, 1.807) is 0 Å². The molecule has 3 rings (SSSR count). The SMILES string of the molecule is CC(C)C(c1nnnn1CC1CCCO1)N1CCCCC1. The van der Waals surface area contributed by atoms with Gasteiger partial charge >= 0.3 is 0 Å². The molecular weight excluding hydrogens is 266 g/mol.